The van der Waals surface area contributed by atoms with Gasteiger partial charge in [-0.15, -0.1) is 0 Å². The van der Waals surface area contributed by atoms with Gasteiger partial charge >= 0.3 is 5.04 Å². The Morgan fingerprint density at radius 2 is 1.75 bits per heavy atom. The van der Waals surface area contributed by atoms with Crippen molar-refractivity contribution in [2.75, 3.05) is 0 Å². The van der Waals surface area contributed by atoms with E-state index in [2.05, 4.69) is 4.79 Å². The quantitative estimate of drug-likeness (QED) is 0.263. The molecule has 1 aromatic rings. The van der Waals surface area contributed by atoms with Crippen LogP contribution in [0.15, 0.2) is 52.5 Å². The summed E-state index contributed by atoms with van der Waals surface area (Å²) in [6.45, 7) is 5.00. The van der Waals surface area contributed by atoms with Gasteiger partial charge in [0.25, 0.3) is 9.84 Å². The van der Waals surface area contributed by atoms with Crippen LogP contribution in [0.1, 0.15) is 26.3 Å². The highest BCUT2D eigenvalue weighted by Gasteiger charge is 2.38. The first-order valence-corrected chi connectivity index (χ1v) is 9.65. The van der Waals surface area contributed by atoms with Crippen LogP contribution in [0.2, 0.25) is 0 Å². The Balaban J connectivity index is 2.75. The molecule has 0 aromatic heterocycles. The Labute approximate surface area is 142 Å². The Bertz CT molecular complexity index is 1030. The highest BCUT2D eigenvalue weighted by Crippen LogP contribution is 2.32. The molecule has 0 amide bonds. The van der Waals surface area contributed by atoms with Gasteiger partial charge in [-0.1, -0.05) is 30.7 Å². The third-order valence-corrected chi connectivity index (χ3v) is 6.84. The molecule has 2 rings (SSSR count). The van der Waals surface area contributed by atoms with Crippen LogP contribution in [-0.4, -0.2) is 31.5 Å². The molecule has 126 valence electrons. The number of sulfone groups is 1. The average Bonchev–Trinajstić information content (AvgIpc) is 2.53. The Kier molecular flexibility index (Phi) is 5.03. The molecule has 0 spiro atoms. The van der Waals surface area contributed by atoms with Crippen LogP contribution < -0.4 is 0 Å². The van der Waals surface area contributed by atoms with Crippen LogP contribution in [-0.2, 0) is 20.1 Å². The van der Waals surface area contributed by atoms with Gasteiger partial charge in [0, 0.05) is 5.92 Å². The van der Waals surface area contributed by atoms with E-state index in [9.17, 15) is 22.4 Å². The molecular formula is C16H16N2O4S2. The summed E-state index contributed by atoms with van der Waals surface area (Å²) in [5.41, 5.74) is 10.6. The minimum atomic E-state index is -4.19. The summed E-state index contributed by atoms with van der Waals surface area (Å²) < 4.78 is 48.7. The summed E-state index contributed by atoms with van der Waals surface area (Å²) >= 11 is 0. The monoisotopic (exact) mass is 364 g/mol. The molecule has 0 saturated heterocycles. The number of allylic oxidation sites excluding steroid dienone is 3. The van der Waals surface area contributed by atoms with Crippen molar-refractivity contribution >= 4 is 30.0 Å². The topological polar surface area (TPSA) is 105 Å². The number of benzene rings is 1. The van der Waals surface area contributed by atoms with Crippen molar-refractivity contribution in [2.45, 2.75) is 20.8 Å². The summed E-state index contributed by atoms with van der Waals surface area (Å²) in [7, 11) is -6.73. The highest BCUT2D eigenvalue weighted by molar-refractivity contribution is 8.10. The SMILES string of the molecule is CC1=C(C)C(C)C(=S(=O)=O)C=C1S(=O)(=O)C(=[N+]=[N-])c1ccccc1. The molecule has 0 N–H and O–H groups in total. The molecule has 1 aliphatic carbocycles. The van der Waals surface area contributed by atoms with E-state index in [4.69, 9.17) is 0 Å². The molecule has 8 heteroatoms. The normalized spacial score (nSPS) is 18.0. The van der Waals surface area contributed by atoms with Crippen molar-refractivity contribution in [1.82, 2.24) is 0 Å². The minimum Gasteiger partial charge on any atom is -0.360 e. The molecule has 6 nitrogen and oxygen atoms in total. The predicted molar refractivity (Wildman–Crippen MR) is 92.6 cm³/mol. The van der Waals surface area contributed by atoms with E-state index in [1.54, 1.807) is 39.0 Å². The maximum Gasteiger partial charge on any atom is 0.416 e. The molecule has 0 fully saturated rings. The fourth-order valence-corrected chi connectivity index (χ4v) is 4.88. The van der Waals surface area contributed by atoms with E-state index in [-0.39, 0.29) is 15.3 Å². The zero-order valence-corrected chi connectivity index (χ0v) is 15.0. The standard InChI is InChI=1S/C16H16N2O4S2/c1-10-11(2)14(23(19)20)9-15(12(10)3)24(21,22)16(18-17)13-7-5-4-6-8-13/h4-9,11H,1-3H3. The van der Waals surface area contributed by atoms with Crippen LogP contribution in [0, 0.1) is 5.92 Å². The molecule has 24 heavy (non-hydrogen) atoms. The van der Waals surface area contributed by atoms with E-state index in [1.165, 1.54) is 12.1 Å². The van der Waals surface area contributed by atoms with Gasteiger partial charge < -0.3 is 5.53 Å². The molecule has 1 unspecified atom stereocenters. The predicted octanol–water partition coefficient (Wildman–Crippen LogP) is 2.00. The zero-order chi connectivity index (χ0) is 18.1. The first kappa shape index (κ1) is 18.1. The molecule has 1 aliphatic rings. The van der Waals surface area contributed by atoms with E-state index in [0.717, 1.165) is 6.08 Å². The largest absolute Gasteiger partial charge is 0.416 e. The van der Waals surface area contributed by atoms with E-state index < -0.39 is 31.1 Å². The zero-order valence-electron chi connectivity index (χ0n) is 13.4. The van der Waals surface area contributed by atoms with Crippen molar-refractivity contribution in [2.24, 2.45) is 5.92 Å². The molecule has 0 heterocycles. The number of nitrogens with zero attached hydrogens (tertiary/aromatic N) is 2. The number of hydrogen-bond donors (Lipinski definition) is 0. The lowest BCUT2D eigenvalue weighted by Gasteiger charge is -2.21. The van der Waals surface area contributed by atoms with Crippen LogP contribution in [0.25, 0.3) is 5.53 Å². The van der Waals surface area contributed by atoms with Gasteiger partial charge in [-0.3, -0.25) is 0 Å². The first-order valence-electron chi connectivity index (χ1n) is 7.10. The van der Waals surface area contributed by atoms with Gasteiger partial charge in [0.1, 0.15) is 0 Å². The third-order valence-electron chi connectivity index (χ3n) is 4.16. The summed E-state index contributed by atoms with van der Waals surface area (Å²) in [5.74, 6) is -0.409. The van der Waals surface area contributed by atoms with Crippen molar-refractivity contribution in [3.8, 4) is 0 Å². The second kappa shape index (κ2) is 6.68. The van der Waals surface area contributed by atoms with E-state index in [1.807, 2.05) is 0 Å². The molecular weight excluding hydrogens is 348 g/mol. The van der Waals surface area contributed by atoms with Gasteiger partial charge in [-0.05, 0) is 37.6 Å². The molecule has 0 radical (unpaired) electrons. The lowest BCUT2D eigenvalue weighted by atomic mass is 9.90. The van der Waals surface area contributed by atoms with Gasteiger partial charge in [-0.2, -0.15) is 13.2 Å². The van der Waals surface area contributed by atoms with Crippen LogP contribution in [0.4, 0.5) is 0 Å². The van der Waals surface area contributed by atoms with Crippen LogP contribution in [0.5, 0.6) is 0 Å². The van der Waals surface area contributed by atoms with Crippen molar-refractivity contribution < 1.29 is 21.6 Å². The second-order valence-corrected chi connectivity index (χ2v) is 8.22. The van der Waals surface area contributed by atoms with Gasteiger partial charge in [-0.25, -0.2) is 8.42 Å². The molecule has 1 aromatic carbocycles. The summed E-state index contributed by atoms with van der Waals surface area (Å²) in [6, 6.07) is 7.94. The third kappa shape index (κ3) is 3.03. The molecule has 1 atom stereocenters. The minimum absolute atomic E-state index is 0.0120. The second-order valence-electron chi connectivity index (χ2n) is 5.45. The Morgan fingerprint density at radius 3 is 2.25 bits per heavy atom. The van der Waals surface area contributed by atoms with E-state index >= 15 is 0 Å². The van der Waals surface area contributed by atoms with Crippen LogP contribution in [0.3, 0.4) is 0 Å². The van der Waals surface area contributed by atoms with Crippen molar-refractivity contribution in [3.05, 3.63) is 63.6 Å². The Morgan fingerprint density at radius 1 is 1.17 bits per heavy atom. The van der Waals surface area contributed by atoms with Gasteiger partial charge in [0.05, 0.1) is 15.3 Å². The summed E-state index contributed by atoms with van der Waals surface area (Å²) in [4.78, 5) is 2.77. The highest BCUT2D eigenvalue weighted by atomic mass is 32.2. The summed E-state index contributed by atoms with van der Waals surface area (Å²) in [6.07, 6.45) is 1.14. The van der Waals surface area contributed by atoms with Gasteiger partial charge in [0.15, 0.2) is 0 Å². The van der Waals surface area contributed by atoms with Crippen LogP contribution >= 0.6 is 0 Å². The van der Waals surface area contributed by atoms with E-state index in [0.29, 0.717) is 11.1 Å². The lowest BCUT2D eigenvalue weighted by molar-refractivity contribution is 0.000685. The number of hydrogen-bond acceptors (Lipinski definition) is 4. The number of rotatable bonds is 2. The maximum atomic E-state index is 12.9. The van der Waals surface area contributed by atoms with Crippen molar-refractivity contribution in [1.29, 1.82) is 0 Å². The first-order chi connectivity index (χ1) is 11.2. The Hall–Kier alpha value is -2.28. The van der Waals surface area contributed by atoms with Gasteiger partial charge in [0.2, 0.25) is 10.3 Å². The molecule has 0 saturated carbocycles. The van der Waals surface area contributed by atoms with Crippen molar-refractivity contribution in [3.63, 3.8) is 0 Å². The lowest BCUT2D eigenvalue weighted by Crippen LogP contribution is -2.26. The molecule has 0 aliphatic heterocycles. The summed E-state index contributed by atoms with van der Waals surface area (Å²) in [5, 5.41) is -0.521. The maximum absolute atomic E-state index is 12.9. The fraction of sp³-hybridized carbons (Fsp3) is 0.250. The average molecular weight is 364 g/mol. The smallest absolute Gasteiger partial charge is 0.360 e. The fourth-order valence-electron chi connectivity index (χ4n) is 2.52. The molecule has 0 bridgehead atoms.